The monoisotopic (exact) mass is 995 g/mol. The second-order valence-corrected chi connectivity index (χ2v) is 28.0. The molecule has 354 valence electrons. The van der Waals surface area contributed by atoms with Crippen molar-refractivity contribution in [2.45, 2.75) is 26.7 Å². The van der Waals surface area contributed by atoms with Crippen LogP contribution in [-0.4, -0.2) is 16.1 Å². The standard InChI is InChI=1S/C66H54NO3PSi2/c1-3-48-30-27-31-49(4-2)64(48)67-71(68)69-65-60(72(52-32-11-5-12-33-52,53-34-13-6-14-35-53)54-36-15-7-16-37-54)46-50-28-23-25-44-58(50)62(65)63-59-45-26-24-29-51(59)47-61(66(63)70-71)73(55-38-17-8-18-39-55,56-40-19-9-20-41-56)57-42-21-10-22-43-57/h5-47H,3-4H2,1-2H3,(H,67,68). The molecule has 0 aromatic heterocycles. The summed E-state index contributed by atoms with van der Waals surface area (Å²) >= 11 is 0. The Morgan fingerprint density at radius 1 is 0.370 bits per heavy atom. The van der Waals surface area contributed by atoms with Crippen LogP contribution in [0.4, 0.5) is 5.69 Å². The van der Waals surface area contributed by atoms with E-state index in [4.69, 9.17) is 9.05 Å². The molecule has 0 fully saturated rings. The van der Waals surface area contributed by atoms with E-state index >= 15 is 4.57 Å². The molecular formula is C66H54NO3PSi2. The molecule has 0 saturated heterocycles. The fraction of sp³-hybridized carbons (Fsp3) is 0.0606. The van der Waals surface area contributed by atoms with E-state index in [1.165, 1.54) is 31.1 Å². The maximum Gasteiger partial charge on any atom is 0.541 e. The first-order valence-corrected chi connectivity index (χ1v) is 30.9. The first-order valence-electron chi connectivity index (χ1n) is 25.3. The average molecular weight is 996 g/mol. The topological polar surface area (TPSA) is 47.6 Å². The van der Waals surface area contributed by atoms with Crippen molar-refractivity contribution < 1.29 is 13.6 Å². The van der Waals surface area contributed by atoms with Gasteiger partial charge in [0.1, 0.15) is 11.5 Å². The number of anilines is 1. The number of hydrogen-bond donors (Lipinski definition) is 1. The van der Waals surface area contributed by atoms with Gasteiger partial charge in [0, 0.05) is 11.1 Å². The van der Waals surface area contributed by atoms with Gasteiger partial charge in [-0.05, 0) is 87.0 Å². The van der Waals surface area contributed by atoms with E-state index in [0.29, 0.717) is 24.3 Å². The van der Waals surface area contributed by atoms with E-state index in [-0.39, 0.29) is 0 Å². The van der Waals surface area contributed by atoms with E-state index in [0.717, 1.165) is 59.9 Å². The molecule has 0 aliphatic carbocycles. The predicted molar refractivity (Wildman–Crippen MR) is 312 cm³/mol. The number of benzene rings is 11. The zero-order valence-corrected chi connectivity index (χ0v) is 43.8. The fourth-order valence-corrected chi connectivity index (χ4v) is 23.3. The van der Waals surface area contributed by atoms with Gasteiger partial charge in [-0.15, -0.1) is 0 Å². The summed E-state index contributed by atoms with van der Waals surface area (Å²) in [5, 5.41) is 16.7. The highest BCUT2D eigenvalue weighted by atomic mass is 31.2. The first-order chi connectivity index (χ1) is 36.0. The van der Waals surface area contributed by atoms with E-state index in [1.54, 1.807) is 0 Å². The van der Waals surface area contributed by atoms with Gasteiger partial charge >= 0.3 is 7.75 Å². The van der Waals surface area contributed by atoms with E-state index < -0.39 is 23.9 Å². The Morgan fingerprint density at radius 3 is 0.959 bits per heavy atom. The van der Waals surface area contributed by atoms with Crippen LogP contribution in [0.2, 0.25) is 0 Å². The largest absolute Gasteiger partial charge is 0.541 e. The first kappa shape index (κ1) is 46.1. The molecule has 11 aromatic rings. The Kier molecular flexibility index (Phi) is 12.1. The van der Waals surface area contributed by atoms with E-state index in [1.807, 2.05) is 0 Å². The lowest BCUT2D eigenvalue weighted by Crippen LogP contribution is -2.75. The molecule has 0 unspecified atom stereocenters. The number of rotatable bonds is 12. The lowest BCUT2D eigenvalue weighted by molar-refractivity contribution is 0.400. The van der Waals surface area contributed by atoms with Crippen LogP contribution >= 0.6 is 7.75 Å². The van der Waals surface area contributed by atoms with Crippen molar-refractivity contribution in [3.8, 4) is 22.6 Å². The second kappa shape index (κ2) is 19.2. The van der Waals surface area contributed by atoms with Crippen LogP contribution in [0.3, 0.4) is 0 Å². The molecule has 0 bridgehead atoms. The van der Waals surface area contributed by atoms with Crippen molar-refractivity contribution in [1.82, 2.24) is 0 Å². The Balaban J connectivity index is 1.33. The molecule has 0 saturated carbocycles. The second-order valence-electron chi connectivity index (χ2n) is 18.8. The van der Waals surface area contributed by atoms with Crippen molar-refractivity contribution in [3.63, 3.8) is 0 Å². The lowest BCUT2D eigenvalue weighted by Gasteiger charge is -2.36. The van der Waals surface area contributed by atoms with Gasteiger partial charge in [-0.3, -0.25) is 5.09 Å². The van der Waals surface area contributed by atoms with Crippen molar-refractivity contribution in [1.29, 1.82) is 0 Å². The summed E-state index contributed by atoms with van der Waals surface area (Å²) in [4.78, 5) is 0. The number of nitrogens with one attached hydrogen (secondary N) is 1. The number of para-hydroxylation sites is 1. The summed E-state index contributed by atoms with van der Waals surface area (Å²) in [6.07, 6.45) is 1.43. The van der Waals surface area contributed by atoms with Crippen LogP contribution in [0.1, 0.15) is 25.0 Å². The molecule has 0 radical (unpaired) electrons. The lowest BCUT2D eigenvalue weighted by atomic mass is 9.92. The van der Waals surface area contributed by atoms with Crippen LogP contribution in [-0.2, 0) is 17.4 Å². The minimum absolute atomic E-state index is 0.553. The maximum atomic E-state index is 17.4. The van der Waals surface area contributed by atoms with Gasteiger partial charge in [-0.25, -0.2) is 4.57 Å². The predicted octanol–water partition coefficient (Wildman–Crippen LogP) is 11.5. The van der Waals surface area contributed by atoms with E-state index in [9.17, 15) is 0 Å². The number of hydrogen-bond acceptors (Lipinski definition) is 3. The molecule has 1 heterocycles. The SMILES string of the molecule is CCc1cccc(CC)c1NP1(=O)Oc2c([Si](c3ccccc3)(c3ccccc3)c3ccccc3)cc3ccccc3c2-c2c(c([Si](c3ccccc3)(c3ccccc3)c3ccccc3)cc3ccccc23)O1. The van der Waals surface area contributed by atoms with E-state index in [2.05, 4.69) is 280 Å². The molecule has 0 amide bonds. The van der Waals surface area contributed by atoms with Gasteiger partial charge in [0.15, 0.2) is 16.1 Å². The van der Waals surface area contributed by atoms with Crippen molar-refractivity contribution in [2.75, 3.05) is 5.09 Å². The zero-order chi connectivity index (χ0) is 49.4. The van der Waals surface area contributed by atoms with Gasteiger partial charge in [-0.2, -0.15) is 0 Å². The summed E-state index contributed by atoms with van der Waals surface area (Å²) < 4.78 is 32.9. The molecule has 1 aliphatic heterocycles. The fourth-order valence-electron chi connectivity index (χ4n) is 11.8. The highest BCUT2D eigenvalue weighted by molar-refractivity contribution is 7.56. The third kappa shape index (κ3) is 7.68. The van der Waals surface area contributed by atoms with Gasteiger partial charge in [0.05, 0.1) is 5.69 Å². The molecule has 0 atom stereocenters. The molecule has 0 spiro atoms. The summed E-state index contributed by atoms with van der Waals surface area (Å²) in [7, 11) is -11.4. The highest BCUT2D eigenvalue weighted by Gasteiger charge is 2.51. The molecule has 12 rings (SSSR count). The third-order valence-corrected chi connectivity index (χ3v) is 25.9. The van der Waals surface area contributed by atoms with Gasteiger partial charge in [0.25, 0.3) is 0 Å². The van der Waals surface area contributed by atoms with Crippen molar-refractivity contribution in [2.24, 2.45) is 0 Å². The molecular weight excluding hydrogens is 942 g/mol. The van der Waals surface area contributed by atoms with Gasteiger partial charge in [0.2, 0.25) is 0 Å². The summed E-state index contributed by atoms with van der Waals surface area (Å²) in [6.45, 7) is 4.28. The van der Waals surface area contributed by atoms with Crippen LogP contribution < -0.4 is 55.6 Å². The Hall–Kier alpha value is -8.00. The van der Waals surface area contributed by atoms with Crippen LogP contribution in [0.15, 0.2) is 261 Å². The van der Waals surface area contributed by atoms with Crippen LogP contribution in [0.5, 0.6) is 11.5 Å². The number of fused-ring (bicyclic) bond motifs is 7. The van der Waals surface area contributed by atoms with Crippen molar-refractivity contribution in [3.05, 3.63) is 272 Å². The summed E-state index contributed by atoms with van der Waals surface area (Å²) in [5.41, 5.74) is 4.56. The molecule has 11 aromatic carbocycles. The molecule has 1 N–H and O–H groups in total. The van der Waals surface area contributed by atoms with Crippen LogP contribution in [0.25, 0.3) is 32.7 Å². The minimum Gasteiger partial charge on any atom is -0.400 e. The van der Waals surface area contributed by atoms with Gasteiger partial charge in [-0.1, -0.05) is 275 Å². The molecule has 7 heteroatoms. The Bertz CT molecular complexity index is 3390. The molecule has 1 aliphatic rings. The van der Waals surface area contributed by atoms with Gasteiger partial charge < -0.3 is 9.05 Å². The van der Waals surface area contributed by atoms with Crippen molar-refractivity contribution >= 4 is 92.6 Å². The smallest absolute Gasteiger partial charge is 0.400 e. The highest BCUT2D eigenvalue weighted by Crippen LogP contribution is 2.59. The minimum atomic E-state index is -4.53. The molecule has 4 nitrogen and oxygen atoms in total. The number of aryl methyl sites for hydroxylation is 2. The average Bonchev–Trinajstić information content (AvgIpc) is 3.60. The Morgan fingerprint density at radius 2 is 0.658 bits per heavy atom. The van der Waals surface area contributed by atoms with Crippen LogP contribution in [0, 0.1) is 0 Å². The maximum absolute atomic E-state index is 17.4. The third-order valence-electron chi connectivity index (χ3n) is 15.0. The molecule has 73 heavy (non-hydrogen) atoms. The zero-order valence-electron chi connectivity index (χ0n) is 40.9. The quantitative estimate of drug-likeness (QED) is 0.0753. The summed E-state index contributed by atoms with van der Waals surface area (Å²) in [6, 6.07) is 93.7. The Labute approximate surface area is 430 Å². The normalized spacial score (nSPS) is 13.0. The summed E-state index contributed by atoms with van der Waals surface area (Å²) in [5.74, 6) is 1.11.